The van der Waals surface area contributed by atoms with Gasteiger partial charge < -0.3 is 4.74 Å². The molecular formula is C9H8CrOPb. The zero-order chi connectivity index (χ0) is 6.81. The van der Waals surface area contributed by atoms with Crippen LogP contribution in [0.1, 0.15) is 5.56 Å². The molecule has 0 unspecified atom stereocenters. The Labute approximate surface area is 103 Å². The molecule has 0 amide bonds. The number of rotatable bonds is 0. The van der Waals surface area contributed by atoms with Crippen LogP contribution in [0.3, 0.4) is 0 Å². The van der Waals surface area contributed by atoms with Crippen molar-refractivity contribution >= 4 is 33.4 Å². The van der Waals surface area contributed by atoms with Crippen LogP contribution < -0.4 is 4.74 Å². The minimum absolute atomic E-state index is 0. The van der Waals surface area contributed by atoms with Crippen LogP contribution in [0.4, 0.5) is 0 Å². The van der Waals surface area contributed by atoms with Crippen LogP contribution in [0, 0.1) is 0 Å². The van der Waals surface area contributed by atoms with Crippen LogP contribution in [-0.4, -0.2) is 33.9 Å². The van der Waals surface area contributed by atoms with Crippen molar-refractivity contribution in [2.24, 2.45) is 0 Å². The minimum Gasteiger partial charge on any atom is -0.489 e. The van der Waals surface area contributed by atoms with Crippen molar-refractivity contribution in [3.63, 3.8) is 0 Å². The number of ether oxygens (including phenoxy) is 1. The Kier molecular flexibility index (Phi) is 5.89. The van der Waals surface area contributed by atoms with Crippen LogP contribution in [0.2, 0.25) is 0 Å². The van der Waals surface area contributed by atoms with Crippen molar-refractivity contribution in [1.29, 1.82) is 0 Å². The summed E-state index contributed by atoms with van der Waals surface area (Å²) in [6, 6.07) is 8.03. The molecule has 60 valence electrons. The van der Waals surface area contributed by atoms with Gasteiger partial charge in [0.25, 0.3) is 0 Å². The predicted molar refractivity (Wildman–Crippen MR) is 46.7 cm³/mol. The number of fused-ring (bicyclic) bond motifs is 1. The van der Waals surface area contributed by atoms with Gasteiger partial charge in [0.05, 0.1) is 0 Å². The van der Waals surface area contributed by atoms with Gasteiger partial charge in [-0.2, -0.15) is 0 Å². The average molecular weight is 391 g/mol. The van der Waals surface area contributed by atoms with E-state index in [1.165, 1.54) is 5.56 Å². The Morgan fingerprint density at radius 3 is 2.67 bits per heavy atom. The molecule has 1 aliphatic rings. The van der Waals surface area contributed by atoms with Crippen molar-refractivity contribution in [1.82, 2.24) is 0 Å². The fourth-order valence-electron chi connectivity index (χ4n) is 1.06. The van der Waals surface area contributed by atoms with E-state index in [0.717, 1.165) is 5.75 Å². The molecule has 0 fully saturated rings. The monoisotopic (exact) mass is 392 g/mol. The fourth-order valence-corrected chi connectivity index (χ4v) is 1.06. The maximum atomic E-state index is 5.34. The van der Waals surface area contributed by atoms with Gasteiger partial charge in [0.2, 0.25) is 0 Å². The van der Waals surface area contributed by atoms with Crippen LogP contribution in [0.25, 0.3) is 6.08 Å². The number of benzene rings is 1. The van der Waals surface area contributed by atoms with Crippen molar-refractivity contribution in [2.75, 3.05) is 6.61 Å². The van der Waals surface area contributed by atoms with Crippen molar-refractivity contribution in [3.05, 3.63) is 35.9 Å². The molecule has 1 aromatic rings. The smallest absolute Gasteiger partial charge is 0.126 e. The standard InChI is InChI=1S/C9H8O.Cr.Pb/c1-2-6-9-8(4-1)5-3-7-10-9;;/h1-6H,7H2;;. The molecule has 1 aromatic carbocycles. The van der Waals surface area contributed by atoms with Gasteiger partial charge in [-0.05, 0) is 12.1 Å². The maximum Gasteiger partial charge on any atom is 0.126 e. The van der Waals surface area contributed by atoms with E-state index in [0.29, 0.717) is 6.61 Å². The summed E-state index contributed by atoms with van der Waals surface area (Å²) in [5, 5.41) is 0. The maximum absolute atomic E-state index is 5.34. The average Bonchev–Trinajstić information content (AvgIpc) is 2.05. The first-order chi connectivity index (χ1) is 4.97. The van der Waals surface area contributed by atoms with E-state index in [-0.39, 0.29) is 44.7 Å². The third-order valence-electron chi connectivity index (χ3n) is 1.55. The van der Waals surface area contributed by atoms with E-state index < -0.39 is 0 Å². The Balaban J connectivity index is 0.000000605. The zero-order valence-electron chi connectivity index (χ0n) is 6.49. The number of hydrogen-bond donors (Lipinski definition) is 0. The zero-order valence-corrected chi connectivity index (χ0v) is 11.7. The molecule has 1 aliphatic heterocycles. The van der Waals surface area contributed by atoms with E-state index >= 15 is 0 Å². The Morgan fingerprint density at radius 2 is 1.92 bits per heavy atom. The van der Waals surface area contributed by atoms with E-state index in [1.54, 1.807) is 0 Å². The summed E-state index contributed by atoms with van der Waals surface area (Å²) < 4.78 is 5.34. The second kappa shape index (κ2) is 5.79. The largest absolute Gasteiger partial charge is 0.489 e. The summed E-state index contributed by atoms with van der Waals surface area (Å²) in [5.74, 6) is 0.991. The van der Waals surface area contributed by atoms with Crippen molar-refractivity contribution < 1.29 is 22.1 Å². The van der Waals surface area contributed by atoms with Crippen LogP contribution in [0.15, 0.2) is 30.3 Å². The Hall–Kier alpha value is 0.215. The molecule has 1 nitrogen and oxygen atoms in total. The molecule has 2 rings (SSSR count). The van der Waals surface area contributed by atoms with Gasteiger partial charge in [-0.25, -0.2) is 0 Å². The number of para-hydroxylation sites is 1. The quantitative estimate of drug-likeness (QED) is 0.612. The predicted octanol–water partition coefficient (Wildman–Crippen LogP) is 1.71. The van der Waals surface area contributed by atoms with Crippen LogP contribution in [0.5, 0.6) is 5.75 Å². The normalized spacial score (nSPS) is 11.7. The Bertz CT molecular complexity index is 273. The third-order valence-corrected chi connectivity index (χ3v) is 1.55. The van der Waals surface area contributed by atoms with Gasteiger partial charge in [0.15, 0.2) is 0 Å². The summed E-state index contributed by atoms with van der Waals surface area (Å²) in [5.41, 5.74) is 1.17. The Morgan fingerprint density at radius 1 is 1.17 bits per heavy atom. The van der Waals surface area contributed by atoms with Crippen molar-refractivity contribution in [3.8, 4) is 5.75 Å². The second-order valence-corrected chi connectivity index (χ2v) is 2.25. The van der Waals surface area contributed by atoms with E-state index in [1.807, 2.05) is 30.3 Å². The van der Waals surface area contributed by atoms with E-state index in [9.17, 15) is 0 Å². The molecule has 0 spiro atoms. The molecule has 0 aromatic heterocycles. The van der Waals surface area contributed by atoms with Gasteiger partial charge >= 0.3 is 0 Å². The summed E-state index contributed by atoms with van der Waals surface area (Å²) in [7, 11) is 0. The molecule has 0 saturated carbocycles. The van der Waals surface area contributed by atoms with Gasteiger partial charge in [0, 0.05) is 50.2 Å². The van der Waals surface area contributed by atoms with Gasteiger partial charge in [0.1, 0.15) is 12.4 Å². The molecule has 4 radical (unpaired) electrons. The van der Waals surface area contributed by atoms with Crippen molar-refractivity contribution in [2.45, 2.75) is 0 Å². The molecule has 3 heteroatoms. The van der Waals surface area contributed by atoms with Gasteiger partial charge in [-0.15, -0.1) is 0 Å². The van der Waals surface area contributed by atoms with Crippen LogP contribution in [-0.2, 0) is 17.4 Å². The summed E-state index contributed by atoms with van der Waals surface area (Å²) in [4.78, 5) is 0. The summed E-state index contributed by atoms with van der Waals surface area (Å²) >= 11 is 0. The van der Waals surface area contributed by atoms with Gasteiger partial charge in [-0.1, -0.05) is 24.3 Å². The first-order valence-corrected chi connectivity index (χ1v) is 3.35. The first-order valence-electron chi connectivity index (χ1n) is 3.35. The van der Waals surface area contributed by atoms with Gasteiger partial charge in [-0.3, -0.25) is 0 Å². The molecular weight excluding hydrogens is 383 g/mol. The SMILES string of the molecule is C1=Cc2ccccc2OC1.[Cr].[Pb]. The molecule has 1 heterocycles. The minimum atomic E-state index is 0. The topological polar surface area (TPSA) is 9.23 Å². The van der Waals surface area contributed by atoms with Crippen LogP contribution >= 0.6 is 0 Å². The summed E-state index contributed by atoms with van der Waals surface area (Å²) in [6.07, 6.45) is 4.10. The summed E-state index contributed by atoms with van der Waals surface area (Å²) in [6.45, 7) is 0.705. The molecule has 12 heavy (non-hydrogen) atoms. The molecule has 0 atom stereocenters. The third kappa shape index (κ3) is 2.61. The molecule has 0 aliphatic carbocycles. The van der Waals surface area contributed by atoms with E-state index in [4.69, 9.17) is 4.74 Å². The fraction of sp³-hybridized carbons (Fsp3) is 0.111. The van der Waals surface area contributed by atoms with E-state index in [2.05, 4.69) is 6.08 Å². The molecule has 0 bridgehead atoms. The molecule has 0 saturated heterocycles. The molecule has 0 N–H and O–H groups in total. The second-order valence-electron chi connectivity index (χ2n) is 2.25. The number of hydrogen-bond acceptors (Lipinski definition) is 1. The first kappa shape index (κ1) is 12.2.